The van der Waals surface area contributed by atoms with E-state index in [2.05, 4.69) is 4.84 Å². The zero-order valence-corrected chi connectivity index (χ0v) is 4.18. The van der Waals surface area contributed by atoms with Gasteiger partial charge in [-0.1, -0.05) is 0 Å². The fourth-order valence-electron chi connectivity index (χ4n) is 0.0357. The molecule has 5 heavy (non-hydrogen) atoms. The van der Waals surface area contributed by atoms with Crippen LogP contribution < -0.4 is 4.84 Å². The van der Waals surface area contributed by atoms with E-state index in [0.717, 1.165) is 0 Å². The number of hydrogen-bond donors (Lipinski definition) is 1. The van der Waals surface area contributed by atoms with Crippen LogP contribution in [0.25, 0.3) is 0 Å². The van der Waals surface area contributed by atoms with Crippen LogP contribution in [0.5, 0.6) is 0 Å². The average Bonchev–Trinajstić information content (AvgIpc) is 1.41. The summed E-state index contributed by atoms with van der Waals surface area (Å²) in [7, 11) is 0. The van der Waals surface area contributed by atoms with Crippen molar-refractivity contribution in [1.29, 1.82) is 0 Å². The Morgan fingerprint density at radius 1 is 1.60 bits per heavy atom. The maximum Gasteiger partial charge on any atom is 0.0361 e. The van der Waals surface area contributed by atoms with Gasteiger partial charge in [0, 0.05) is 12.4 Å². The van der Waals surface area contributed by atoms with Crippen molar-refractivity contribution in [2.45, 2.75) is 0 Å². The second-order valence-electron chi connectivity index (χ2n) is 0.573. The third-order valence-electron chi connectivity index (χ3n) is 0.189. The summed E-state index contributed by atoms with van der Waals surface area (Å²) in [5.74, 6) is 0.573. The monoisotopic (exact) mass is 113 g/mol. The van der Waals surface area contributed by atoms with Crippen molar-refractivity contribution in [1.82, 2.24) is 4.84 Å². The third kappa shape index (κ3) is 4.54. The topological polar surface area (TPSA) is 12.0 Å². The molecule has 0 radical (unpaired) electrons. The third-order valence-corrected chi connectivity index (χ3v) is 0.567. The lowest BCUT2D eigenvalue weighted by Gasteiger charge is -1.79. The van der Waals surface area contributed by atoms with E-state index in [-0.39, 0.29) is 0 Å². The molecular formula is C2H5Cl2N. The van der Waals surface area contributed by atoms with Gasteiger partial charge in [0.15, 0.2) is 0 Å². The number of halogens is 2. The van der Waals surface area contributed by atoms with Crippen LogP contribution in [-0.2, 0) is 0 Å². The van der Waals surface area contributed by atoms with Gasteiger partial charge in [-0.05, 0) is 11.8 Å². The molecule has 0 bridgehead atoms. The first-order chi connectivity index (χ1) is 2.41. The van der Waals surface area contributed by atoms with Gasteiger partial charge >= 0.3 is 0 Å². The molecule has 32 valence electrons. The van der Waals surface area contributed by atoms with Gasteiger partial charge in [-0.2, -0.15) is 0 Å². The molecule has 1 nitrogen and oxygen atoms in total. The highest BCUT2D eigenvalue weighted by Gasteiger charge is 1.69. The highest BCUT2D eigenvalue weighted by atomic mass is 35.5. The van der Waals surface area contributed by atoms with Crippen molar-refractivity contribution in [2.75, 3.05) is 12.4 Å². The number of alkyl halides is 1. The van der Waals surface area contributed by atoms with Crippen LogP contribution in [0.4, 0.5) is 0 Å². The van der Waals surface area contributed by atoms with Crippen LogP contribution in [0.1, 0.15) is 0 Å². The van der Waals surface area contributed by atoms with Crippen LogP contribution in [-0.4, -0.2) is 12.4 Å². The fourth-order valence-corrected chi connectivity index (χ4v) is 0.321. The largest absolute Gasteiger partial charge is 0.232 e. The highest BCUT2D eigenvalue weighted by molar-refractivity contribution is 6.19. The molecule has 0 saturated heterocycles. The summed E-state index contributed by atoms with van der Waals surface area (Å²) in [5.41, 5.74) is 0. The van der Waals surface area contributed by atoms with Crippen molar-refractivity contribution in [3.8, 4) is 0 Å². The smallest absolute Gasteiger partial charge is 0.0361 e. The zero-order valence-electron chi connectivity index (χ0n) is 2.67. The van der Waals surface area contributed by atoms with E-state index in [4.69, 9.17) is 23.4 Å². The van der Waals surface area contributed by atoms with Crippen molar-refractivity contribution in [3.63, 3.8) is 0 Å². The SMILES string of the molecule is ClCCNCl. The molecule has 0 fully saturated rings. The molecule has 0 amide bonds. The summed E-state index contributed by atoms with van der Waals surface area (Å²) >= 11 is 10.1. The van der Waals surface area contributed by atoms with Crippen LogP contribution in [0.3, 0.4) is 0 Å². The Bertz CT molecular complexity index is 15.1. The van der Waals surface area contributed by atoms with Crippen molar-refractivity contribution in [3.05, 3.63) is 0 Å². The molecule has 0 spiro atoms. The van der Waals surface area contributed by atoms with Gasteiger partial charge in [0.2, 0.25) is 0 Å². The standard InChI is InChI=1S/C2H5Cl2N/c3-1-2-5-4/h5H,1-2H2. The van der Waals surface area contributed by atoms with Gasteiger partial charge in [0.05, 0.1) is 0 Å². The lowest BCUT2D eigenvalue weighted by Crippen LogP contribution is -2.00. The predicted octanol–water partition coefficient (Wildman–Crippen LogP) is 0.969. The van der Waals surface area contributed by atoms with E-state index >= 15 is 0 Å². The molecule has 1 N–H and O–H groups in total. The summed E-state index contributed by atoms with van der Waals surface area (Å²) < 4.78 is 0. The van der Waals surface area contributed by atoms with Crippen LogP contribution in [0.15, 0.2) is 0 Å². The van der Waals surface area contributed by atoms with Gasteiger partial charge in [-0.3, -0.25) is 0 Å². The summed E-state index contributed by atoms with van der Waals surface area (Å²) in [6, 6.07) is 0. The number of hydrogen-bond acceptors (Lipinski definition) is 1. The second kappa shape index (κ2) is 4.54. The molecule has 0 atom stereocenters. The number of rotatable bonds is 2. The lowest BCUT2D eigenvalue weighted by atomic mass is 10.8. The quantitative estimate of drug-likeness (QED) is 0.416. The molecule has 0 aromatic rings. The molecule has 0 aromatic heterocycles. The van der Waals surface area contributed by atoms with Gasteiger partial charge in [-0.25, -0.2) is 4.84 Å². The van der Waals surface area contributed by atoms with E-state index in [1.54, 1.807) is 0 Å². The molecule has 0 aliphatic heterocycles. The van der Waals surface area contributed by atoms with E-state index in [1.165, 1.54) is 0 Å². The maximum atomic E-state index is 5.15. The van der Waals surface area contributed by atoms with Gasteiger partial charge < -0.3 is 0 Å². The van der Waals surface area contributed by atoms with E-state index < -0.39 is 0 Å². The molecule has 0 saturated carbocycles. The molecule has 3 heteroatoms. The summed E-state index contributed by atoms with van der Waals surface area (Å²) in [6.07, 6.45) is 0. The lowest BCUT2D eigenvalue weighted by molar-refractivity contribution is 1.03. The van der Waals surface area contributed by atoms with Crippen molar-refractivity contribution in [2.24, 2.45) is 0 Å². The zero-order chi connectivity index (χ0) is 4.12. The summed E-state index contributed by atoms with van der Waals surface area (Å²) in [5, 5.41) is 0. The van der Waals surface area contributed by atoms with E-state index in [0.29, 0.717) is 12.4 Å². The minimum absolute atomic E-state index is 0.573. The summed E-state index contributed by atoms with van der Waals surface area (Å²) in [6.45, 7) is 0.670. The Morgan fingerprint density at radius 2 is 2.20 bits per heavy atom. The Labute approximate surface area is 41.4 Å². The molecule has 0 unspecified atom stereocenters. The minimum Gasteiger partial charge on any atom is -0.232 e. The van der Waals surface area contributed by atoms with Crippen molar-refractivity contribution >= 4 is 23.4 Å². The molecule has 0 heterocycles. The minimum atomic E-state index is 0.573. The normalized spacial score (nSPS) is 8.40. The van der Waals surface area contributed by atoms with Gasteiger partial charge in [-0.15, -0.1) is 11.6 Å². The molecule has 0 aromatic carbocycles. The number of nitrogens with one attached hydrogen (secondary N) is 1. The van der Waals surface area contributed by atoms with E-state index in [9.17, 15) is 0 Å². The van der Waals surface area contributed by atoms with Crippen LogP contribution >= 0.6 is 23.4 Å². The summed E-state index contributed by atoms with van der Waals surface area (Å²) in [4.78, 5) is 2.36. The second-order valence-corrected chi connectivity index (χ2v) is 1.22. The Morgan fingerprint density at radius 3 is 2.20 bits per heavy atom. The highest BCUT2D eigenvalue weighted by Crippen LogP contribution is 1.68. The Kier molecular flexibility index (Phi) is 5.03. The van der Waals surface area contributed by atoms with Crippen LogP contribution in [0.2, 0.25) is 0 Å². The van der Waals surface area contributed by atoms with Gasteiger partial charge in [0.25, 0.3) is 0 Å². The van der Waals surface area contributed by atoms with Crippen molar-refractivity contribution < 1.29 is 0 Å². The Hall–Kier alpha value is 0.540. The fraction of sp³-hybridized carbons (Fsp3) is 1.00. The molecule has 0 rings (SSSR count). The molecule has 0 aliphatic carbocycles. The predicted molar refractivity (Wildman–Crippen MR) is 24.6 cm³/mol. The van der Waals surface area contributed by atoms with E-state index in [1.807, 2.05) is 0 Å². The Balaban J connectivity index is 2.19. The average molecular weight is 114 g/mol. The van der Waals surface area contributed by atoms with Gasteiger partial charge in [0.1, 0.15) is 0 Å². The first-order valence-electron chi connectivity index (χ1n) is 1.31. The first kappa shape index (κ1) is 5.54. The first-order valence-corrected chi connectivity index (χ1v) is 2.22. The maximum absolute atomic E-state index is 5.15. The van der Waals surface area contributed by atoms with Crippen LogP contribution in [0, 0.1) is 0 Å². The molecule has 0 aliphatic rings. The molecular weight excluding hydrogens is 109 g/mol.